The molecule has 2 rings (SSSR count). The third-order valence-electron chi connectivity index (χ3n) is 2.90. The van der Waals surface area contributed by atoms with Crippen molar-refractivity contribution in [2.24, 2.45) is 5.92 Å². The number of allylic oxidation sites excluding steroid dienone is 1. The first-order chi connectivity index (χ1) is 10.3. The third kappa shape index (κ3) is 4.53. The Morgan fingerprint density at radius 1 is 0.952 bits per heavy atom. The van der Waals surface area contributed by atoms with Crippen LogP contribution in [0.25, 0.3) is 6.08 Å². The molecular formula is C18H14N2S. The summed E-state index contributed by atoms with van der Waals surface area (Å²) in [6, 6.07) is 23.9. The van der Waals surface area contributed by atoms with Gasteiger partial charge in [0.2, 0.25) is 0 Å². The van der Waals surface area contributed by atoms with Crippen LogP contribution in [0.4, 0.5) is 0 Å². The molecule has 0 saturated heterocycles. The van der Waals surface area contributed by atoms with Gasteiger partial charge in [0, 0.05) is 10.7 Å². The first kappa shape index (κ1) is 14.9. The van der Waals surface area contributed by atoms with Gasteiger partial charge in [-0.3, -0.25) is 0 Å². The molecule has 0 aromatic heterocycles. The molecule has 0 aliphatic rings. The number of nitriles is 2. The Morgan fingerprint density at radius 2 is 1.52 bits per heavy atom. The summed E-state index contributed by atoms with van der Waals surface area (Å²) in [5.74, 6) is 0.0261. The molecule has 0 bridgehead atoms. The fourth-order valence-electron chi connectivity index (χ4n) is 1.82. The molecule has 2 aromatic carbocycles. The van der Waals surface area contributed by atoms with Crippen LogP contribution >= 0.6 is 11.8 Å². The van der Waals surface area contributed by atoms with E-state index in [1.807, 2.05) is 66.7 Å². The lowest BCUT2D eigenvalue weighted by atomic mass is 10.1. The Kier molecular flexibility index (Phi) is 5.64. The van der Waals surface area contributed by atoms with Crippen molar-refractivity contribution in [2.45, 2.75) is 5.75 Å². The monoisotopic (exact) mass is 290 g/mol. The second-order valence-corrected chi connectivity index (χ2v) is 5.47. The van der Waals surface area contributed by atoms with Gasteiger partial charge in [-0.05, 0) is 17.2 Å². The molecule has 0 N–H and O–H groups in total. The molecule has 102 valence electrons. The number of rotatable bonds is 5. The van der Waals surface area contributed by atoms with Crippen LogP contribution in [0.1, 0.15) is 11.1 Å². The first-order valence-electron chi connectivity index (χ1n) is 6.56. The average molecular weight is 290 g/mol. The molecule has 0 unspecified atom stereocenters. The summed E-state index contributed by atoms with van der Waals surface area (Å²) in [4.78, 5) is 0.787. The van der Waals surface area contributed by atoms with Crippen molar-refractivity contribution in [3.8, 4) is 12.1 Å². The topological polar surface area (TPSA) is 47.6 Å². The van der Waals surface area contributed by atoms with Gasteiger partial charge in [0.25, 0.3) is 0 Å². The minimum absolute atomic E-state index is 0.723. The minimum Gasteiger partial charge on any atom is -0.196 e. The van der Waals surface area contributed by atoms with E-state index >= 15 is 0 Å². The highest BCUT2D eigenvalue weighted by atomic mass is 32.2. The summed E-state index contributed by atoms with van der Waals surface area (Å²) in [5, 5.41) is 18.3. The van der Waals surface area contributed by atoms with E-state index in [0.29, 0.717) is 0 Å². The van der Waals surface area contributed by atoms with Gasteiger partial charge in [-0.15, -0.1) is 11.8 Å². The van der Waals surface area contributed by atoms with Gasteiger partial charge in [-0.25, -0.2) is 0 Å². The van der Waals surface area contributed by atoms with Gasteiger partial charge in [0.15, 0.2) is 5.92 Å². The molecule has 2 aromatic rings. The zero-order chi connectivity index (χ0) is 14.9. The van der Waals surface area contributed by atoms with Gasteiger partial charge in [-0.1, -0.05) is 60.7 Å². The van der Waals surface area contributed by atoms with Crippen molar-refractivity contribution in [3.63, 3.8) is 0 Å². The van der Waals surface area contributed by atoms with Crippen molar-refractivity contribution in [1.82, 2.24) is 0 Å². The van der Waals surface area contributed by atoms with Crippen LogP contribution in [-0.4, -0.2) is 0 Å². The van der Waals surface area contributed by atoms with Crippen molar-refractivity contribution in [3.05, 3.63) is 76.7 Å². The molecule has 0 radical (unpaired) electrons. The molecule has 0 aliphatic carbocycles. The van der Waals surface area contributed by atoms with E-state index in [0.717, 1.165) is 16.2 Å². The van der Waals surface area contributed by atoms with E-state index in [-0.39, 0.29) is 0 Å². The summed E-state index contributed by atoms with van der Waals surface area (Å²) in [5.41, 5.74) is 2.18. The molecule has 0 aliphatic heterocycles. The molecule has 0 heterocycles. The first-order valence-corrected chi connectivity index (χ1v) is 7.54. The van der Waals surface area contributed by atoms with Gasteiger partial charge >= 0.3 is 0 Å². The largest absolute Gasteiger partial charge is 0.196 e. The van der Waals surface area contributed by atoms with E-state index in [1.165, 1.54) is 5.56 Å². The van der Waals surface area contributed by atoms with Gasteiger partial charge in [0.05, 0.1) is 12.1 Å². The molecule has 3 heteroatoms. The summed E-state index contributed by atoms with van der Waals surface area (Å²) in [6.45, 7) is 0. The van der Waals surface area contributed by atoms with Crippen molar-refractivity contribution < 1.29 is 0 Å². The highest BCUT2D eigenvalue weighted by Crippen LogP contribution is 2.29. The molecule has 0 atom stereocenters. The number of thioether (sulfide) groups is 1. The van der Waals surface area contributed by atoms with E-state index in [9.17, 15) is 0 Å². The number of nitrogens with zero attached hydrogens (tertiary/aromatic N) is 2. The maximum Gasteiger partial charge on any atom is 0.164 e. The predicted molar refractivity (Wildman–Crippen MR) is 86.9 cm³/mol. The lowest BCUT2D eigenvalue weighted by molar-refractivity contribution is 1.08. The summed E-state index contributed by atoms with van der Waals surface area (Å²) in [7, 11) is 0. The Balaban J connectivity index is 2.19. The third-order valence-corrected chi connectivity index (χ3v) is 4.06. The second kappa shape index (κ2) is 7.94. The summed E-state index contributed by atoms with van der Waals surface area (Å²) in [6.07, 6.45) is 1.92. The van der Waals surface area contributed by atoms with Gasteiger partial charge in [-0.2, -0.15) is 10.5 Å². The highest BCUT2D eigenvalue weighted by molar-refractivity contribution is 8.02. The smallest absolute Gasteiger partial charge is 0.164 e. The Morgan fingerprint density at radius 3 is 2.10 bits per heavy atom. The maximum atomic E-state index is 9.14. The quantitative estimate of drug-likeness (QED) is 0.807. The number of benzene rings is 2. The lowest BCUT2D eigenvalue weighted by Crippen LogP contribution is -1.96. The van der Waals surface area contributed by atoms with Crippen molar-refractivity contribution in [2.75, 3.05) is 0 Å². The molecule has 0 saturated carbocycles. The van der Waals surface area contributed by atoms with E-state index in [2.05, 4.69) is 12.1 Å². The van der Waals surface area contributed by atoms with Crippen LogP contribution in [0, 0.1) is 28.6 Å². The second-order valence-electron chi connectivity index (χ2n) is 4.42. The Labute approximate surface area is 129 Å². The van der Waals surface area contributed by atoms with Crippen LogP contribution < -0.4 is 0 Å². The van der Waals surface area contributed by atoms with Crippen molar-refractivity contribution in [1.29, 1.82) is 10.5 Å². The molecule has 21 heavy (non-hydrogen) atoms. The summed E-state index contributed by atoms with van der Waals surface area (Å²) >= 11 is 1.54. The average Bonchev–Trinajstić information content (AvgIpc) is 2.55. The molecule has 0 spiro atoms. The SMILES string of the molecule is N#CC(C#N)/C(=C/c1ccccc1)SCc1ccccc1. The molecule has 0 amide bonds. The van der Waals surface area contributed by atoms with Gasteiger partial charge in [0.1, 0.15) is 0 Å². The number of hydrogen-bond donors (Lipinski definition) is 0. The maximum absolute atomic E-state index is 9.14. The number of hydrogen-bond acceptors (Lipinski definition) is 3. The van der Waals surface area contributed by atoms with Crippen LogP contribution in [-0.2, 0) is 5.75 Å². The Bertz CT molecular complexity index is 665. The minimum atomic E-state index is -0.723. The zero-order valence-corrected chi connectivity index (χ0v) is 12.3. The lowest BCUT2D eigenvalue weighted by Gasteiger charge is -2.08. The summed E-state index contributed by atoms with van der Waals surface area (Å²) < 4.78 is 0. The van der Waals surface area contributed by atoms with E-state index in [4.69, 9.17) is 10.5 Å². The van der Waals surface area contributed by atoms with Crippen LogP contribution in [0.5, 0.6) is 0 Å². The van der Waals surface area contributed by atoms with E-state index in [1.54, 1.807) is 11.8 Å². The fraction of sp³-hybridized carbons (Fsp3) is 0.111. The highest BCUT2D eigenvalue weighted by Gasteiger charge is 2.13. The van der Waals surface area contributed by atoms with Crippen molar-refractivity contribution >= 4 is 17.8 Å². The molecule has 0 fully saturated rings. The molecular weight excluding hydrogens is 276 g/mol. The zero-order valence-electron chi connectivity index (χ0n) is 11.4. The van der Waals surface area contributed by atoms with Gasteiger partial charge < -0.3 is 0 Å². The molecule has 2 nitrogen and oxygen atoms in total. The normalized spacial score (nSPS) is 10.9. The fourth-order valence-corrected chi connectivity index (χ4v) is 2.84. The Hall–Kier alpha value is -2.49. The predicted octanol–water partition coefficient (Wildman–Crippen LogP) is 4.62. The van der Waals surface area contributed by atoms with Crippen LogP contribution in [0.3, 0.4) is 0 Å². The van der Waals surface area contributed by atoms with Crippen LogP contribution in [0.2, 0.25) is 0 Å². The standard InChI is InChI=1S/C18H14N2S/c19-12-17(13-20)18(11-15-7-3-1-4-8-15)21-14-16-9-5-2-6-10-16/h1-11,17H,14H2/b18-11-. The van der Waals surface area contributed by atoms with E-state index < -0.39 is 5.92 Å². The van der Waals surface area contributed by atoms with Crippen LogP contribution in [0.15, 0.2) is 65.6 Å².